The first-order chi connectivity index (χ1) is 15.9. The van der Waals surface area contributed by atoms with Crippen molar-refractivity contribution in [2.45, 2.75) is 45.1 Å². The minimum absolute atomic E-state index is 0.134. The summed E-state index contributed by atoms with van der Waals surface area (Å²) in [6, 6.07) is 12.7. The molecule has 172 valence electrons. The van der Waals surface area contributed by atoms with Gasteiger partial charge in [-0.15, -0.1) is 0 Å². The fraction of sp³-hybridized carbons (Fsp3) is 0.360. The molecule has 3 aromatic rings. The van der Waals surface area contributed by atoms with Crippen molar-refractivity contribution in [2.75, 3.05) is 13.1 Å². The number of hydrogen-bond acceptors (Lipinski definition) is 4. The van der Waals surface area contributed by atoms with Gasteiger partial charge in [-0.1, -0.05) is 31.4 Å². The van der Waals surface area contributed by atoms with Crippen molar-refractivity contribution in [2.24, 2.45) is 0 Å². The Morgan fingerprint density at radius 2 is 1.64 bits per heavy atom. The fourth-order valence-corrected chi connectivity index (χ4v) is 4.43. The first kappa shape index (κ1) is 22.5. The first-order valence-electron chi connectivity index (χ1n) is 11.3. The molecule has 2 amide bonds. The van der Waals surface area contributed by atoms with E-state index in [0.717, 1.165) is 42.6 Å². The molecule has 1 heterocycles. The van der Waals surface area contributed by atoms with Gasteiger partial charge in [-0.2, -0.15) is 0 Å². The molecule has 8 heteroatoms. The molecule has 0 bridgehead atoms. The van der Waals surface area contributed by atoms with Crippen molar-refractivity contribution in [1.29, 1.82) is 0 Å². The number of carboxylic acids is 1. The van der Waals surface area contributed by atoms with Gasteiger partial charge >= 0.3 is 5.97 Å². The van der Waals surface area contributed by atoms with Crippen molar-refractivity contribution < 1.29 is 19.5 Å². The highest BCUT2D eigenvalue weighted by molar-refractivity contribution is 5.95. The molecule has 3 N–H and O–H groups in total. The van der Waals surface area contributed by atoms with Gasteiger partial charge in [-0.05, 0) is 43.2 Å². The predicted molar refractivity (Wildman–Crippen MR) is 125 cm³/mol. The number of rotatable bonds is 7. The second-order valence-corrected chi connectivity index (χ2v) is 8.42. The van der Waals surface area contributed by atoms with E-state index in [1.54, 1.807) is 24.3 Å². The molecule has 1 saturated carbocycles. The third-order valence-corrected chi connectivity index (χ3v) is 6.07. The minimum Gasteiger partial charge on any atom is -0.478 e. The predicted octanol–water partition coefficient (Wildman–Crippen LogP) is 3.77. The summed E-state index contributed by atoms with van der Waals surface area (Å²) in [5, 5.41) is 14.8. The van der Waals surface area contributed by atoms with Gasteiger partial charge in [-0.3, -0.25) is 9.59 Å². The van der Waals surface area contributed by atoms with Crippen LogP contribution in [0.4, 0.5) is 0 Å². The van der Waals surface area contributed by atoms with E-state index in [2.05, 4.69) is 15.2 Å². The number of carbonyl (C=O) groups is 3. The number of amides is 2. The molecule has 33 heavy (non-hydrogen) atoms. The number of nitrogens with one attached hydrogen (secondary N) is 2. The van der Waals surface area contributed by atoms with Crippen molar-refractivity contribution in [3.63, 3.8) is 0 Å². The van der Waals surface area contributed by atoms with Crippen molar-refractivity contribution in [3.05, 3.63) is 53.6 Å². The van der Waals surface area contributed by atoms with Crippen LogP contribution in [-0.2, 0) is 4.79 Å². The second-order valence-electron chi connectivity index (χ2n) is 8.42. The SMILES string of the molecule is CC(=O)NCCNC(=O)c1ccc(-c2nc3cc(C(=O)O)ccc3n2C2CCCCC2)cc1. The lowest BCUT2D eigenvalue weighted by atomic mass is 9.94. The van der Waals surface area contributed by atoms with Gasteiger partial charge in [0.15, 0.2) is 0 Å². The molecule has 0 radical (unpaired) electrons. The van der Waals surface area contributed by atoms with E-state index in [1.807, 2.05) is 18.2 Å². The van der Waals surface area contributed by atoms with Gasteiger partial charge < -0.3 is 20.3 Å². The molecule has 2 aromatic carbocycles. The number of carbonyl (C=O) groups excluding carboxylic acids is 2. The molecule has 0 unspecified atom stereocenters. The Labute approximate surface area is 192 Å². The number of hydrogen-bond donors (Lipinski definition) is 3. The van der Waals surface area contributed by atoms with Crippen LogP contribution in [0.5, 0.6) is 0 Å². The highest BCUT2D eigenvalue weighted by atomic mass is 16.4. The zero-order chi connectivity index (χ0) is 23.4. The summed E-state index contributed by atoms with van der Waals surface area (Å²) >= 11 is 0. The van der Waals surface area contributed by atoms with Crippen LogP contribution in [0.1, 0.15) is 65.8 Å². The van der Waals surface area contributed by atoms with E-state index in [1.165, 1.54) is 13.3 Å². The molecular weight excluding hydrogens is 420 g/mol. The molecule has 0 aliphatic heterocycles. The van der Waals surface area contributed by atoms with Crippen LogP contribution in [0.15, 0.2) is 42.5 Å². The van der Waals surface area contributed by atoms with Gasteiger partial charge in [0.25, 0.3) is 5.91 Å². The Morgan fingerprint density at radius 1 is 0.970 bits per heavy atom. The number of carboxylic acid groups (broad SMARTS) is 1. The Morgan fingerprint density at radius 3 is 2.30 bits per heavy atom. The molecule has 1 fully saturated rings. The maximum Gasteiger partial charge on any atom is 0.335 e. The lowest BCUT2D eigenvalue weighted by molar-refractivity contribution is -0.118. The number of aromatic nitrogens is 2. The number of fused-ring (bicyclic) bond motifs is 1. The van der Waals surface area contributed by atoms with E-state index in [-0.39, 0.29) is 17.4 Å². The van der Waals surface area contributed by atoms with Gasteiger partial charge in [0.1, 0.15) is 5.82 Å². The summed E-state index contributed by atoms with van der Waals surface area (Å²) in [6.07, 6.45) is 5.68. The average molecular weight is 449 g/mol. The molecular formula is C25H28N4O4. The minimum atomic E-state index is -0.973. The molecule has 1 aromatic heterocycles. The Balaban J connectivity index is 1.63. The molecule has 8 nitrogen and oxygen atoms in total. The van der Waals surface area contributed by atoms with Crippen LogP contribution in [-0.4, -0.2) is 45.5 Å². The summed E-state index contributed by atoms with van der Waals surface area (Å²) in [4.78, 5) is 39.6. The lowest BCUT2D eigenvalue weighted by Crippen LogP contribution is -2.33. The van der Waals surface area contributed by atoms with Crippen molar-refractivity contribution in [3.8, 4) is 11.4 Å². The quantitative estimate of drug-likeness (QED) is 0.476. The molecule has 1 aliphatic rings. The third-order valence-electron chi connectivity index (χ3n) is 6.07. The number of benzene rings is 2. The third kappa shape index (κ3) is 5.05. The van der Waals surface area contributed by atoms with E-state index in [0.29, 0.717) is 30.2 Å². The summed E-state index contributed by atoms with van der Waals surface area (Å²) in [6.45, 7) is 2.16. The maximum atomic E-state index is 12.4. The summed E-state index contributed by atoms with van der Waals surface area (Å²) in [7, 11) is 0. The van der Waals surface area contributed by atoms with Gasteiger partial charge in [0.2, 0.25) is 5.91 Å². The monoisotopic (exact) mass is 448 g/mol. The van der Waals surface area contributed by atoms with Gasteiger partial charge in [0.05, 0.1) is 16.6 Å². The van der Waals surface area contributed by atoms with E-state index >= 15 is 0 Å². The summed E-state index contributed by atoms with van der Waals surface area (Å²) in [5.74, 6) is -0.527. The van der Waals surface area contributed by atoms with Crippen molar-refractivity contribution >= 4 is 28.8 Å². The lowest BCUT2D eigenvalue weighted by Gasteiger charge is -2.25. The van der Waals surface area contributed by atoms with Crippen LogP contribution < -0.4 is 10.6 Å². The van der Waals surface area contributed by atoms with Crippen LogP contribution in [0.25, 0.3) is 22.4 Å². The normalized spacial score (nSPS) is 14.2. The van der Waals surface area contributed by atoms with Gasteiger partial charge in [0, 0.05) is 37.2 Å². The maximum absolute atomic E-state index is 12.4. The zero-order valence-electron chi connectivity index (χ0n) is 18.6. The highest BCUT2D eigenvalue weighted by Crippen LogP contribution is 2.36. The van der Waals surface area contributed by atoms with Crippen LogP contribution >= 0.6 is 0 Å². The summed E-state index contributed by atoms with van der Waals surface area (Å²) < 4.78 is 2.24. The topological polar surface area (TPSA) is 113 Å². The fourth-order valence-electron chi connectivity index (χ4n) is 4.43. The molecule has 0 atom stereocenters. The van der Waals surface area contributed by atoms with Crippen LogP contribution in [0.3, 0.4) is 0 Å². The molecule has 0 spiro atoms. The second kappa shape index (κ2) is 9.85. The van der Waals surface area contributed by atoms with Crippen molar-refractivity contribution in [1.82, 2.24) is 20.2 Å². The Kier molecular flexibility index (Phi) is 6.72. The Hall–Kier alpha value is -3.68. The van der Waals surface area contributed by atoms with Crippen LogP contribution in [0.2, 0.25) is 0 Å². The number of nitrogens with zero attached hydrogens (tertiary/aromatic N) is 2. The highest BCUT2D eigenvalue weighted by Gasteiger charge is 2.23. The summed E-state index contributed by atoms with van der Waals surface area (Å²) in [5.41, 5.74) is 3.21. The van der Waals surface area contributed by atoms with E-state index < -0.39 is 5.97 Å². The van der Waals surface area contributed by atoms with Gasteiger partial charge in [-0.25, -0.2) is 9.78 Å². The molecule has 0 saturated heterocycles. The zero-order valence-corrected chi connectivity index (χ0v) is 18.6. The van der Waals surface area contributed by atoms with Crippen LogP contribution in [0, 0.1) is 0 Å². The number of imidazole rings is 1. The molecule has 4 rings (SSSR count). The standard InChI is InChI=1S/C25H28N4O4/c1-16(30)26-13-14-27-24(31)18-9-7-17(8-10-18)23-28-21-15-19(25(32)33)11-12-22(21)29(23)20-5-3-2-4-6-20/h7-12,15,20H,2-6,13-14H2,1H3,(H,26,30)(H,27,31)(H,32,33). The average Bonchev–Trinajstić information content (AvgIpc) is 3.21. The smallest absolute Gasteiger partial charge is 0.335 e. The first-order valence-corrected chi connectivity index (χ1v) is 11.3. The largest absolute Gasteiger partial charge is 0.478 e. The van der Waals surface area contributed by atoms with E-state index in [9.17, 15) is 19.5 Å². The number of aromatic carboxylic acids is 1. The Bertz CT molecular complexity index is 1180. The molecule has 1 aliphatic carbocycles. The van der Waals surface area contributed by atoms with E-state index in [4.69, 9.17) is 4.98 Å².